The van der Waals surface area contributed by atoms with Gasteiger partial charge in [-0.1, -0.05) is 57.2 Å². The quantitative estimate of drug-likeness (QED) is 0.0958. The van der Waals surface area contributed by atoms with Gasteiger partial charge in [-0.05, 0) is 124 Å². The summed E-state index contributed by atoms with van der Waals surface area (Å²) in [6.45, 7) is 11.8. The van der Waals surface area contributed by atoms with E-state index in [4.69, 9.17) is 15.7 Å². The van der Waals surface area contributed by atoms with Crippen molar-refractivity contribution in [3.63, 3.8) is 0 Å². The van der Waals surface area contributed by atoms with Gasteiger partial charge in [0.2, 0.25) is 23.7 Å². The number of nitrogen functional groups attached to an aromatic ring is 1. The first-order valence-corrected chi connectivity index (χ1v) is 27.5. The Labute approximate surface area is 438 Å². The van der Waals surface area contributed by atoms with Gasteiger partial charge in [-0.15, -0.1) is 21.5 Å². The monoisotopic (exact) mass is 1020 g/mol. The number of para-hydroxylation sites is 1. The summed E-state index contributed by atoms with van der Waals surface area (Å²) >= 11 is 1.59. The molecule has 18 heteroatoms. The molecule has 4 saturated heterocycles. The number of carbonyl (C=O) groups excluding carboxylic acids is 3. The molecule has 10 rings (SSSR count). The number of aliphatic hydroxyl groups excluding tert-OH is 1. The molecule has 5 fully saturated rings. The lowest BCUT2D eigenvalue weighted by Crippen LogP contribution is -2.58. The van der Waals surface area contributed by atoms with Crippen molar-refractivity contribution in [2.45, 2.75) is 141 Å². The van der Waals surface area contributed by atoms with Gasteiger partial charge in [0, 0.05) is 82.2 Å². The van der Waals surface area contributed by atoms with Crippen LogP contribution in [0.1, 0.15) is 108 Å². The van der Waals surface area contributed by atoms with Crippen LogP contribution in [0.2, 0.25) is 0 Å². The number of nitrogens with one attached hydrogen (secondary N) is 1. The Morgan fingerprint density at radius 1 is 0.878 bits per heavy atom. The number of benzene rings is 2. The first kappa shape index (κ1) is 51.3. The molecular formula is C56H72N12O5S. The van der Waals surface area contributed by atoms with Crippen LogP contribution < -0.4 is 20.9 Å². The number of thiazole rings is 1. The summed E-state index contributed by atoms with van der Waals surface area (Å²) in [5.74, 6) is 1.29. The first-order chi connectivity index (χ1) is 35.6. The van der Waals surface area contributed by atoms with Crippen LogP contribution in [0.15, 0.2) is 72.5 Å². The Balaban J connectivity index is 0.680. The van der Waals surface area contributed by atoms with Gasteiger partial charge >= 0.3 is 0 Å². The second-order valence-electron chi connectivity index (χ2n) is 22.6. The zero-order chi connectivity index (χ0) is 51.8. The topological polar surface area (TPSA) is 210 Å². The van der Waals surface area contributed by atoms with Crippen molar-refractivity contribution in [1.82, 2.24) is 45.2 Å². The van der Waals surface area contributed by atoms with Crippen LogP contribution >= 0.6 is 11.3 Å². The van der Waals surface area contributed by atoms with E-state index in [0.717, 1.165) is 111 Å². The molecule has 2 bridgehead atoms. The SMILES string of the molecule is Cc1ncsc1-c1ccc(CNC(=O)C2C[C@@H](O)CN2C(=O)C(N(C)C(=O)C[C@H]2CC[C@H](N3CCC(c4cnc(N5C6CCC5CN(c5cc(-c7ccccc7O)nnc5N)C6)nc4)CC3)CC2)C(C)(C)C)cc1. The van der Waals surface area contributed by atoms with Crippen molar-refractivity contribution in [1.29, 1.82) is 0 Å². The maximum atomic E-state index is 14.5. The highest BCUT2D eigenvalue weighted by atomic mass is 32.1. The predicted octanol–water partition coefficient (Wildman–Crippen LogP) is 6.79. The van der Waals surface area contributed by atoms with Gasteiger partial charge in [0.05, 0.1) is 33.6 Å². The Morgan fingerprint density at radius 2 is 1.55 bits per heavy atom. The summed E-state index contributed by atoms with van der Waals surface area (Å²) in [5.41, 5.74) is 13.8. The summed E-state index contributed by atoms with van der Waals surface area (Å²) < 4.78 is 0. The zero-order valence-corrected chi connectivity index (χ0v) is 44.3. The molecule has 4 aliphatic heterocycles. The number of likely N-dealkylation sites (tertiary alicyclic amines) is 2. The van der Waals surface area contributed by atoms with Gasteiger partial charge in [-0.2, -0.15) is 0 Å². The molecule has 5 aliphatic rings. The lowest BCUT2D eigenvalue weighted by molar-refractivity contribution is -0.152. The Kier molecular flexibility index (Phi) is 14.9. The van der Waals surface area contributed by atoms with E-state index < -0.39 is 23.6 Å². The number of likely N-dealkylation sites (N-methyl/N-ethyl adjacent to an activating group) is 1. The van der Waals surface area contributed by atoms with Gasteiger partial charge in [0.25, 0.3) is 0 Å². The lowest BCUT2D eigenvalue weighted by atomic mass is 9.81. The van der Waals surface area contributed by atoms with Crippen LogP contribution in [0.5, 0.6) is 5.75 Å². The molecular weight excluding hydrogens is 953 g/mol. The second kappa shape index (κ2) is 21.5. The van der Waals surface area contributed by atoms with Crippen LogP contribution in [0.4, 0.5) is 17.5 Å². The zero-order valence-electron chi connectivity index (χ0n) is 43.4. The van der Waals surface area contributed by atoms with Gasteiger partial charge in [0.1, 0.15) is 17.8 Å². The smallest absolute Gasteiger partial charge is 0.246 e. The van der Waals surface area contributed by atoms with E-state index in [1.165, 1.54) is 10.5 Å². The number of fused-ring (bicyclic) bond motifs is 2. The molecule has 0 spiro atoms. The highest BCUT2D eigenvalue weighted by Gasteiger charge is 2.47. The molecule has 1 aliphatic carbocycles. The number of anilines is 3. The fourth-order valence-corrected chi connectivity index (χ4v) is 13.5. The number of nitrogens with two attached hydrogens (primary N) is 1. The Hall–Kier alpha value is -6.24. The number of piperidine rings is 1. The van der Waals surface area contributed by atoms with E-state index in [-0.39, 0.29) is 54.4 Å². The average molecular weight is 1030 g/mol. The molecule has 392 valence electrons. The third kappa shape index (κ3) is 10.8. The number of carbonyl (C=O) groups is 3. The van der Waals surface area contributed by atoms with Crippen molar-refractivity contribution in [2.75, 3.05) is 55.3 Å². The van der Waals surface area contributed by atoms with Gasteiger partial charge in [-0.25, -0.2) is 15.0 Å². The van der Waals surface area contributed by atoms with Crippen LogP contribution in [-0.2, 0) is 20.9 Å². The van der Waals surface area contributed by atoms with E-state index in [9.17, 15) is 24.6 Å². The minimum atomic E-state index is -0.833. The Bertz CT molecular complexity index is 2770. The molecule has 5 aromatic rings. The number of β-amino-alcohol motifs (C(OH)–C–C–N with tert-alkyl or cyclic N) is 1. The summed E-state index contributed by atoms with van der Waals surface area (Å²) in [5, 5.41) is 32.8. The van der Waals surface area contributed by atoms with E-state index in [1.54, 1.807) is 35.4 Å². The largest absolute Gasteiger partial charge is 0.507 e. The number of hydrogen-bond donors (Lipinski definition) is 4. The van der Waals surface area contributed by atoms with E-state index in [2.05, 4.69) is 35.2 Å². The van der Waals surface area contributed by atoms with E-state index in [1.807, 2.05) is 88.1 Å². The molecule has 3 aromatic heterocycles. The highest BCUT2D eigenvalue weighted by Crippen LogP contribution is 2.40. The molecule has 7 heterocycles. The number of rotatable bonds is 13. The number of nitrogens with zero attached hydrogens (tertiary/aromatic N) is 10. The molecule has 0 radical (unpaired) electrons. The molecule has 1 saturated carbocycles. The number of aromatic nitrogens is 5. The molecule has 2 aromatic carbocycles. The normalized spacial score (nSPS) is 24.0. The second-order valence-corrected chi connectivity index (χ2v) is 23.4. The maximum absolute atomic E-state index is 14.5. The molecule has 5 atom stereocenters. The van der Waals surface area contributed by atoms with Crippen molar-refractivity contribution in [2.24, 2.45) is 11.3 Å². The summed E-state index contributed by atoms with van der Waals surface area (Å²) in [4.78, 5) is 68.1. The number of amides is 3. The molecule has 5 N–H and O–H groups in total. The number of aromatic hydroxyl groups is 1. The summed E-state index contributed by atoms with van der Waals surface area (Å²) in [7, 11) is 1.73. The Morgan fingerprint density at radius 3 is 2.20 bits per heavy atom. The van der Waals surface area contributed by atoms with Crippen molar-refractivity contribution in [3.05, 3.63) is 89.3 Å². The minimum absolute atomic E-state index is 0.0460. The fraction of sp³-hybridized carbons (Fsp3) is 0.536. The lowest BCUT2D eigenvalue weighted by Gasteiger charge is -2.42. The summed E-state index contributed by atoms with van der Waals surface area (Å²) in [6.07, 6.45) is 12.0. The average Bonchev–Trinajstić information content (AvgIpc) is 4.09. The minimum Gasteiger partial charge on any atom is -0.507 e. The number of phenols is 1. The van der Waals surface area contributed by atoms with Crippen LogP contribution in [0, 0.1) is 18.3 Å². The highest BCUT2D eigenvalue weighted by molar-refractivity contribution is 7.13. The number of aliphatic hydroxyl groups is 1. The van der Waals surface area contributed by atoms with Gasteiger partial charge < -0.3 is 45.8 Å². The maximum Gasteiger partial charge on any atom is 0.246 e. The van der Waals surface area contributed by atoms with E-state index >= 15 is 0 Å². The number of piperazine rings is 1. The van der Waals surface area contributed by atoms with Crippen LogP contribution in [-0.4, -0.2) is 144 Å². The number of aryl methyl sites for hydroxylation is 1. The third-order valence-electron chi connectivity index (χ3n) is 16.6. The standard InChI is InChI=1S/C56H72N12O5S/c1-34-50(74-33-61-34)38-14-10-36(11-15-38)27-58-53(72)47-25-43(69)32-67(47)54(73)51(56(2,3)4)64(5)49(71)24-35-12-16-40(17-13-35)65-22-20-37(21-23-65)39-28-59-55(60-29-39)68-41-18-19-42(68)31-66(30-41)46-26-45(62-63-52(46)57)44-8-6-7-9-48(44)70/h6-11,14-15,26,28-29,33,35,37,40-43,47,51,69-70H,12-13,16-25,27,30-32H2,1-5H3,(H2,57,63)(H,58,72)/t35-,40-,41?,42?,43-,47?,51?/m1/s1. The van der Waals surface area contributed by atoms with Gasteiger partial charge in [0.15, 0.2) is 5.82 Å². The molecule has 17 nitrogen and oxygen atoms in total. The van der Waals surface area contributed by atoms with Crippen LogP contribution in [0.3, 0.4) is 0 Å². The van der Waals surface area contributed by atoms with Gasteiger partial charge in [-0.3, -0.25) is 14.4 Å². The number of hydrogen-bond acceptors (Lipinski definition) is 15. The van der Waals surface area contributed by atoms with Crippen molar-refractivity contribution < 1.29 is 24.6 Å². The van der Waals surface area contributed by atoms with E-state index in [0.29, 0.717) is 42.0 Å². The fourth-order valence-electron chi connectivity index (χ4n) is 12.7. The first-order valence-electron chi connectivity index (χ1n) is 26.6. The molecule has 3 amide bonds. The van der Waals surface area contributed by atoms with Crippen molar-refractivity contribution in [3.8, 4) is 27.4 Å². The van der Waals surface area contributed by atoms with Crippen molar-refractivity contribution >= 4 is 46.5 Å². The molecule has 74 heavy (non-hydrogen) atoms. The van der Waals surface area contributed by atoms with Crippen LogP contribution in [0.25, 0.3) is 21.7 Å². The third-order valence-corrected chi connectivity index (χ3v) is 17.6. The summed E-state index contributed by atoms with van der Waals surface area (Å²) in [6, 6.07) is 16.4. The predicted molar refractivity (Wildman–Crippen MR) is 287 cm³/mol. The number of phenolic OH excluding ortho intramolecular Hbond substituents is 1. The molecule has 4 unspecified atom stereocenters.